The van der Waals surface area contributed by atoms with Crippen molar-refractivity contribution in [3.8, 4) is 11.3 Å². The van der Waals surface area contributed by atoms with Gasteiger partial charge in [-0.1, -0.05) is 35.4 Å². The molecule has 0 saturated carbocycles. The van der Waals surface area contributed by atoms with E-state index in [1.165, 1.54) is 17.4 Å². The van der Waals surface area contributed by atoms with Gasteiger partial charge in [0.2, 0.25) is 11.8 Å². The SMILES string of the molecule is Cc1ccc2c(c1)-c1cnc([nH]1)[C@@H](NC(=O)/C=C/c1cc(Cl)ccc1N(N)/C=N\N)C/C=C/CCC(=O)N2. The number of carbonyl (C=O) groups excluding carboxylic acids is 2. The van der Waals surface area contributed by atoms with Gasteiger partial charge in [-0.25, -0.2) is 10.8 Å². The van der Waals surface area contributed by atoms with E-state index in [9.17, 15) is 9.59 Å². The number of hydrogen-bond donors (Lipinski definition) is 5. The van der Waals surface area contributed by atoms with E-state index in [1.54, 1.807) is 30.5 Å². The van der Waals surface area contributed by atoms with Crippen LogP contribution in [0, 0.1) is 6.92 Å². The van der Waals surface area contributed by atoms with Gasteiger partial charge in [0.1, 0.15) is 12.2 Å². The molecule has 10 nitrogen and oxygen atoms in total. The first-order valence-corrected chi connectivity index (χ1v) is 12.4. The number of aromatic amines is 1. The molecule has 2 bridgehead atoms. The van der Waals surface area contributed by atoms with Crippen LogP contribution in [0.5, 0.6) is 0 Å². The summed E-state index contributed by atoms with van der Waals surface area (Å²) in [5, 5.41) is 11.1. The number of rotatable bonds is 5. The van der Waals surface area contributed by atoms with Crippen molar-refractivity contribution >= 4 is 47.2 Å². The molecule has 3 aromatic rings. The fraction of sp³-hybridized carbons (Fsp3) is 0.185. The number of hydrazone groups is 1. The molecule has 0 spiro atoms. The maximum Gasteiger partial charge on any atom is 0.244 e. The molecule has 0 unspecified atom stereocenters. The zero-order chi connectivity index (χ0) is 27.1. The minimum atomic E-state index is -0.427. The molecule has 1 aromatic heterocycles. The number of benzene rings is 2. The lowest BCUT2D eigenvalue weighted by Gasteiger charge is -2.16. The largest absolute Gasteiger partial charge is 0.342 e. The Bertz CT molecular complexity index is 1410. The smallest absolute Gasteiger partial charge is 0.244 e. The van der Waals surface area contributed by atoms with Gasteiger partial charge in [0, 0.05) is 28.6 Å². The highest BCUT2D eigenvalue weighted by Gasteiger charge is 2.19. The summed E-state index contributed by atoms with van der Waals surface area (Å²) < 4.78 is 0. The van der Waals surface area contributed by atoms with Gasteiger partial charge in [-0.05, 0) is 56.2 Å². The van der Waals surface area contributed by atoms with Crippen molar-refractivity contribution < 1.29 is 9.59 Å². The second-order valence-corrected chi connectivity index (χ2v) is 9.23. The molecule has 2 heterocycles. The van der Waals surface area contributed by atoms with Crippen molar-refractivity contribution in [1.29, 1.82) is 0 Å². The number of aryl methyl sites for hydroxylation is 1. The minimum absolute atomic E-state index is 0.0668. The normalized spacial score (nSPS) is 16.7. The van der Waals surface area contributed by atoms with Crippen LogP contribution in [0.4, 0.5) is 11.4 Å². The van der Waals surface area contributed by atoms with Crippen LogP contribution in [0.3, 0.4) is 0 Å². The summed E-state index contributed by atoms with van der Waals surface area (Å²) in [4.78, 5) is 33.3. The first kappa shape index (κ1) is 26.6. The third-order valence-electron chi connectivity index (χ3n) is 5.93. The third-order valence-corrected chi connectivity index (χ3v) is 6.17. The van der Waals surface area contributed by atoms with Crippen LogP contribution >= 0.6 is 11.6 Å². The molecule has 0 saturated heterocycles. The Morgan fingerprint density at radius 1 is 1.26 bits per heavy atom. The van der Waals surface area contributed by atoms with E-state index in [2.05, 4.69) is 25.7 Å². The molecule has 2 aromatic carbocycles. The molecule has 11 heteroatoms. The van der Waals surface area contributed by atoms with E-state index in [4.69, 9.17) is 23.3 Å². The van der Waals surface area contributed by atoms with Gasteiger partial charge in [0.05, 0.1) is 29.3 Å². The molecule has 0 radical (unpaired) electrons. The van der Waals surface area contributed by atoms with Gasteiger partial charge in [-0.2, -0.15) is 5.10 Å². The molecule has 4 rings (SSSR count). The molecule has 2 amide bonds. The molecular formula is C27H29ClN8O2. The minimum Gasteiger partial charge on any atom is -0.342 e. The van der Waals surface area contributed by atoms with Gasteiger partial charge in [-0.3, -0.25) is 14.6 Å². The van der Waals surface area contributed by atoms with Crippen molar-refractivity contribution in [2.24, 2.45) is 16.8 Å². The lowest BCUT2D eigenvalue weighted by Crippen LogP contribution is -2.30. The monoisotopic (exact) mass is 532 g/mol. The highest BCUT2D eigenvalue weighted by atomic mass is 35.5. The summed E-state index contributed by atoms with van der Waals surface area (Å²) in [5.74, 6) is 11.4. The van der Waals surface area contributed by atoms with E-state index in [-0.39, 0.29) is 11.8 Å². The fourth-order valence-corrected chi connectivity index (χ4v) is 4.25. The molecule has 1 aliphatic rings. The van der Waals surface area contributed by atoms with E-state index in [0.717, 1.165) is 16.8 Å². The van der Waals surface area contributed by atoms with Crippen LogP contribution in [-0.4, -0.2) is 28.1 Å². The highest BCUT2D eigenvalue weighted by molar-refractivity contribution is 6.30. The van der Waals surface area contributed by atoms with Gasteiger partial charge >= 0.3 is 0 Å². The number of anilines is 2. The first-order chi connectivity index (χ1) is 18.3. The van der Waals surface area contributed by atoms with Gasteiger partial charge < -0.3 is 21.5 Å². The maximum atomic E-state index is 13.0. The Morgan fingerprint density at radius 3 is 2.92 bits per heavy atom. The zero-order valence-electron chi connectivity index (χ0n) is 20.8. The number of amides is 2. The summed E-state index contributed by atoms with van der Waals surface area (Å²) in [7, 11) is 0. The van der Waals surface area contributed by atoms with Crippen LogP contribution < -0.4 is 27.3 Å². The summed E-state index contributed by atoms with van der Waals surface area (Å²) in [6.45, 7) is 1.98. The highest BCUT2D eigenvalue weighted by Crippen LogP contribution is 2.30. The van der Waals surface area contributed by atoms with E-state index >= 15 is 0 Å². The number of halogens is 1. The second kappa shape index (κ2) is 12.2. The molecule has 196 valence electrons. The number of hydrogen-bond acceptors (Lipinski definition) is 6. The summed E-state index contributed by atoms with van der Waals surface area (Å²) in [6, 6.07) is 10.4. The molecule has 1 aliphatic heterocycles. The number of nitrogens with one attached hydrogen (secondary N) is 3. The number of allylic oxidation sites excluding steroid dienone is 1. The van der Waals surface area contributed by atoms with Crippen molar-refractivity contribution in [1.82, 2.24) is 15.3 Å². The predicted octanol–water partition coefficient (Wildman–Crippen LogP) is 4.17. The number of H-pyrrole nitrogens is 1. The molecular weight excluding hydrogens is 504 g/mol. The number of nitrogens with two attached hydrogens (primary N) is 2. The van der Waals surface area contributed by atoms with Crippen LogP contribution in [0.25, 0.3) is 17.3 Å². The first-order valence-electron chi connectivity index (χ1n) is 12.0. The number of nitrogens with zero attached hydrogens (tertiary/aromatic N) is 3. The second-order valence-electron chi connectivity index (χ2n) is 8.79. The van der Waals surface area contributed by atoms with Crippen molar-refractivity contribution in [2.45, 2.75) is 32.2 Å². The van der Waals surface area contributed by atoms with Crippen molar-refractivity contribution in [3.63, 3.8) is 0 Å². The topological polar surface area (TPSA) is 155 Å². The van der Waals surface area contributed by atoms with Gasteiger partial charge in [0.25, 0.3) is 0 Å². The number of carbonyl (C=O) groups is 2. The quantitative estimate of drug-likeness (QED) is 0.0829. The third kappa shape index (κ3) is 6.67. The maximum absolute atomic E-state index is 13.0. The fourth-order valence-electron chi connectivity index (χ4n) is 4.07. The molecule has 0 fully saturated rings. The summed E-state index contributed by atoms with van der Waals surface area (Å²) >= 11 is 6.15. The average molecular weight is 533 g/mol. The lowest BCUT2D eigenvalue weighted by atomic mass is 10.1. The van der Waals surface area contributed by atoms with Crippen LogP contribution in [-0.2, 0) is 9.59 Å². The van der Waals surface area contributed by atoms with E-state index in [1.807, 2.05) is 37.3 Å². The number of imidazole rings is 1. The van der Waals surface area contributed by atoms with Gasteiger partial charge in [0.15, 0.2) is 0 Å². The number of aromatic nitrogens is 2. The summed E-state index contributed by atoms with van der Waals surface area (Å²) in [5.41, 5.74) is 4.48. The lowest BCUT2D eigenvalue weighted by molar-refractivity contribution is -0.117. The van der Waals surface area contributed by atoms with Crippen LogP contribution in [0.15, 0.2) is 65.9 Å². The average Bonchev–Trinajstić information content (AvgIpc) is 3.37. The predicted molar refractivity (Wildman–Crippen MR) is 151 cm³/mol. The van der Waals surface area contributed by atoms with Crippen molar-refractivity contribution in [3.05, 3.63) is 82.8 Å². The molecule has 38 heavy (non-hydrogen) atoms. The molecule has 1 atom stereocenters. The molecule has 0 aliphatic carbocycles. The summed E-state index contributed by atoms with van der Waals surface area (Å²) in [6.07, 6.45) is 11.3. The van der Waals surface area contributed by atoms with Gasteiger partial charge in [-0.15, -0.1) is 0 Å². The Labute approximate surface area is 225 Å². The molecule has 7 N–H and O–H groups in total. The standard InChI is InChI=1S/C27H29ClN8O2/c1-17-7-10-21-20(13-17)23-15-31-27(35-23)22(5-3-2-4-6-25(37)33-21)34-26(38)12-8-18-14-19(28)9-11-24(18)36(30)16-32-29/h2-3,7-16,22H,4-6,29-30H2,1H3,(H,31,35)(H,33,37)(H,34,38)/b3-2+,12-8+,32-16-/t22-/m0/s1. The number of fused-ring (bicyclic) bond motifs is 4. The van der Waals surface area contributed by atoms with Crippen LogP contribution in [0.1, 0.15) is 42.3 Å². The van der Waals surface area contributed by atoms with E-state index < -0.39 is 6.04 Å². The zero-order valence-corrected chi connectivity index (χ0v) is 21.6. The Morgan fingerprint density at radius 2 is 2.11 bits per heavy atom. The van der Waals surface area contributed by atoms with E-state index in [0.29, 0.717) is 47.0 Å². The van der Waals surface area contributed by atoms with Crippen LogP contribution in [0.2, 0.25) is 5.02 Å². The Balaban J connectivity index is 1.60. The Hall–Kier alpha value is -4.41. The number of hydrazine groups is 1. The van der Waals surface area contributed by atoms with Crippen molar-refractivity contribution in [2.75, 3.05) is 10.3 Å². The Kier molecular flexibility index (Phi) is 8.57.